The van der Waals surface area contributed by atoms with Gasteiger partial charge in [0, 0.05) is 18.7 Å². The number of ether oxygens (including phenoxy) is 2. The Bertz CT molecular complexity index is 539. The summed E-state index contributed by atoms with van der Waals surface area (Å²) in [4.78, 5) is 14.2. The molecule has 1 saturated heterocycles. The van der Waals surface area contributed by atoms with Crippen molar-refractivity contribution in [2.45, 2.75) is 39.2 Å². The molecule has 1 heterocycles. The zero-order chi connectivity index (χ0) is 15.9. The fourth-order valence-electron chi connectivity index (χ4n) is 2.75. The number of amides is 1. The lowest BCUT2D eigenvalue weighted by molar-refractivity contribution is -0.129. The van der Waals surface area contributed by atoms with Gasteiger partial charge in [0.15, 0.2) is 11.5 Å². The molecule has 0 aliphatic carbocycles. The van der Waals surface area contributed by atoms with E-state index in [9.17, 15) is 4.79 Å². The molecule has 4 nitrogen and oxygen atoms in total. The van der Waals surface area contributed by atoms with Crippen LogP contribution in [0.15, 0.2) is 24.3 Å². The Labute approximate surface area is 132 Å². The van der Waals surface area contributed by atoms with Crippen molar-refractivity contribution in [3.05, 3.63) is 29.8 Å². The first-order chi connectivity index (χ1) is 10.7. The van der Waals surface area contributed by atoms with Crippen LogP contribution in [-0.4, -0.2) is 37.1 Å². The Hall–Kier alpha value is -1.97. The van der Waals surface area contributed by atoms with Gasteiger partial charge >= 0.3 is 0 Å². The van der Waals surface area contributed by atoms with E-state index in [0.29, 0.717) is 18.4 Å². The number of likely N-dealkylation sites (tertiary alicyclic amines) is 1. The average molecular weight is 303 g/mol. The molecule has 1 fully saturated rings. The minimum atomic E-state index is 0.0834. The first-order valence-corrected chi connectivity index (χ1v) is 7.95. The summed E-state index contributed by atoms with van der Waals surface area (Å²) in [5.74, 6) is 1.49. The third kappa shape index (κ3) is 4.03. The zero-order valence-corrected chi connectivity index (χ0v) is 13.7. The molecule has 1 aromatic rings. The second kappa shape index (κ2) is 7.87. The van der Waals surface area contributed by atoms with E-state index in [-0.39, 0.29) is 5.91 Å². The second-order valence-corrected chi connectivity index (χ2v) is 5.55. The second-order valence-electron chi connectivity index (χ2n) is 5.55. The Morgan fingerprint density at radius 3 is 2.86 bits per heavy atom. The maximum absolute atomic E-state index is 12.3. The smallest absolute Gasteiger partial charge is 0.246 e. The lowest BCUT2D eigenvalue weighted by Gasteiger charge is -2.32. The van der Waals surface area contributed by atoms with Gasteiger partial charge in [0.1, 0.15) is 0 Å². The highest BCUT2D eigenvalue weighted by molar-refractivity contribution is 5.92. The molecule has 1 amide bonds. The van der Waals surface area contributed by atoms with E-state index in [1.165, 1.54) is 6.42 Å². The lowest BCUT2D eigenvalue weighted by atomic mass is 10.0. The number of rotatable bonds is 5. The van der Waals surface area contributed by atoms with Crippen molar-refractivity contribution in [2.24, 2.45) is 0 Å². The number of piperidine rings is 1. The molecule has 1 atom stereocenters. The summed E-state index contributed by atoms with van der Waals surface area (Å²) in [5.41, 5.74) is 0.929. The van der Waals surface area contributed by atoms with Crippen LogP contribution in [0.3, 0.4) is 0 Å². The van der Waals surface area contributed by atoms with Gasteiger partial charge in [0.05, 0.1) is 13.7 Å². The van der Waals surface area contributed by atoms with E-state index >= 15 is 0 Å². The van der Waals surface area contributed by atoms with E-state index in [0.717, 1.165) is 30.7 Å². The van der Waals surface area contributed by atoms with Crippen molar-refractivity contribution in [1.29, 1.82) is 0 Å². The molecule has 0 radical (unpaired) electrons. The van der Waals surface area contributed by atoms with Gasteiger partial charge in [-0.05, 0) is 56.9 Å². The van der Waals surface area contributed by atoms with Gasteiger partial charge in [-0.3, -0.25) is 4.79 Å². The van der Waals surface area contributed by atoms with Crippen molar-refractivity contribution >= 4 is 12.0 Å². The highest BCUT2D eigenvalue weighted by Crippen LogP contribution is 2.28. The highest BCUT2D eigenvalue weighted by Gasteiger charge is 2.21. The van der Waals surface area contributed by atoms with Crippen molar-refractivity contribution in [2.75, 3.05) is 20.3 Å². The van der Waals surface area contributed by atoms with Gasteiger partial charge in [-0.15, -0.1) is 0 Å². The number of carbonyl (C=O) groups is 1. The van der Waals surface area contributed by atoms with Gasteiger partial charge in [-0.2, -0.15) is 0 Å². The number of hydrogen-bond donors (Lipinski definition) is 0. The molecular formula is C18H25NO3. The van der Waals surface area contributed by atoms with Gasteiger partial charge in [0.2, 0.25) is 5.91 Å². The van der Waals surface area contributed by atoms with Crippen LogP contribution in [0.25, 0.3) is 6.08 Å². The lowest BCUT2D eigenvalue weighted by Crippen LogP contribution is -2.41. The molecule has 0 N–H and O–H groups in total. The number of nitrogens with zero attached hydrogens (tertiary/aromatic N) is 1. The van der Waals surface area contributed by atoms with Crippen LogP contribution in [0, 0.1) is 0 Å². The van der Waals surface area contributed by atoms with Crippen molar-refractivity contribution in [3.8, 4) is 11.5 Å². The highest BCUT2D eigenvalue weighted by atomic mass is 16.5. The van der Waals surface area contributed by atoms with E-state index in [1.54, 1.807) is 13.2 Å². The van der Waals surface area contributed by atoms with Crippen LogP contribution in [0.5, 0.6) is 11.5 Å². The fourth-order valence-corrected chi connectivity index (χ4v) is 2.75. The first kappa shape index (κ1) is 16.4. The molecule has 1 aromatic carbocycles. The van der Waals surface area contributed by atoms with Gasteiger partial charge < -0.3 is 14.4 Å². The third-order valence-corrected chi connectivity index (χ3v) is 3.99. The molecule has 4 heteroatoms. The van der Waals surface area contributed by atoms with Crippen LogP contribution in [0.2, 0.25) is 0 Å². The van der Waals surface area contributed by atoms with Crippen LogP contribution >= 0.6 is 0 Å². The molecule has 1 unspecified atom stereocenters. The Kier molecular flexibility index (Phi) is 5.87. The van der Waals surface area contributed by atoms with Crippen molar-refractivity contribution < 1.29 is 14.3 Å². The molecule has 0 saturated carbocycles. The molecule has 22 heavy (non-hydrogen) atoms. The molecule has 0 bridgehead atoms. The van der Waals surface area contributed by atoms with Gasteiger partial charge in [-0.1, -0.05) is 6.07 Å². The van der Waals surface area contributed by atoms with Crippen molar-refractivity contribution in [1.82, 2.24) is 4.90 Å². The quantitative estimate of drug-likeness (QED) is 0.781. The monoisotopic (exact) mass is 303 g/mol. The topological polar surface area (TPSA) is 38.8 Å². The third-order valence-electron chi connectivity index (χ3n) is 3.99. The standard InChI is InChI=1S/C18H25NO3/c1-4-22-16-10-8-15(13-17(16)21-3)9-11-18(20)19-12-6-5-7-14(19)2/h8-11,13-14H,4-7,12H2,1-3H3/b11-9+. The predicted octanol–water partition coefficient (Wildman–Crippen LogP) is 3.51. The summed E-state index contributed by atoms with van der Waals surface area (Å²) >= 11 is 0. The van der Waals surface area contributed by atoms with E-state index in [4.69, 9.17) is 9.47 Å². The predicted molar refractivity (Wildman–Crippen MR) is 88.2 cm³/mol. The van der Waals surface area contributed by atoms with Crippen LogP contribution in [0.1, 0.15) is 38.7 Å². The average Bonchev–Trinajstić information content (AvgIpc) is 2.54. The van der Waals surface area contributed by atoms with Crippen LogP contribution in [-0.2, 0) is 4.79 Å². The Balaban J connectivity index is 2.07. The molecule has 2 rings (SSSR count). The van der Waals surface area contributed by atoms with Gasteiger partial charge in [-0.25, -0.2) is 0 Å². The van der Waals surface area contributed by atoms with Crippen molar-refractivity contribution in [3.63, 3.8) is 0 Å². The van der Waals surface area contributed by atoms with E-state index in [2.05, 4.69) is 6.92 Å². The number of hydrogen-bond acceptors (Lipinski definition) is 3. The first-order valence-electron chi connectivity index (χ1n) is 7.95. The van der Waals surface area contributed by atoms with E-state index in [1.807, 2.05) is 36.1 Å². The molecule has 1 aliphatic rings. The normalized spacial score (nSPS) is 18.5. The largest absolute Gasteiger partial charge is 0.493 e. The summed E-state index contributed by atoms with van der Waals surface area (Å²) in [6, 6.07) is 6.02. The summed E-state index contributed by atoms with van der Waals surface area (Å²) in [7, 11) is 1.62. The molecule has 0 aromatic heterocycles. The van der Waals surface area contributed by atoms with E-state index < -0.39 is 0 Å². The molecule has 0 spiro atoms. The summed E-state index contributed by atoms with van der Waals surface area (Å²) in [5, 5.41) is 0. The minimum Gasteiger partial charge on any atom is -0.493 e. The van der Waals surface area contributed by atoms with Crippen LogP contribution in [0.4, 0.5) is 0 Å². The maximum atomic E-state index is 12.3. The minimum absolute atomic E-state index is 0.0834. The molecule has 1 aliphatic heterocycles. The Morgan fingerprint density at radius 1 is 1.36 bits per heavy atom. The number of benzene rings is 1. The molecular weight excluding hydrogens is 278 g/mol. The van der Waals surface area contributed by atoms with Gasteiger partial charge in [0.25, 0.3) is 0 Å². The SMILES string of the molecule is CCOc1ccc(/C=C/C(=O)N2CCCCC2C)cc1OC. The summed E-state index contributed by atoms with van der Waals surface area (Å²) < 4.78 is 10.8. The summed E-state index contributed by atoms with van der Waals surface area (Å²) in [6.45, 7) is 5.50. The Morgan fingerprint density at radius 2 is 2.18 bits per heavy atom. The maximum Gasteiger partial charge on any atom is 0.246 e. The number of methoxy groups -OCH3 is 1. The fraction of sp³-hybridized carbons (Fsp3) is 0.500. The summed E-state index contributed by atoms with van der Waals surface area (Å²) in [6.07, 6.45) is 6.89. The van der Waals surface area contributed by atoms with Crippen LogP contribution < -0.4 is 9.47 Å². The molecule has 120 valence electrons. The zero-order valence-electron chi connectivity index (χ0n) is 13.7. The number of carbonyl (C=O) groups excluding carboxylic acids is 1.